The van der Waals surface area contributed by atoms with Crippen LogP contribution >= 0.6 is 0 Å². The number of carbonyl (C=O) groups is 1. The van der Waals surface area contributed by atoms with Gasteiger partial charge in [0, 0.05) is 6.42 Å². The van der Waals surface area contributed by atoms with Crippen LogP contribution in [0.1, 0.15) is 24.8 Å². The fourth-order valence-corrected chi connectivity index (χ4v) is 2.58. The summed E-state index contributed by atoms with van der Waals surface area (Å²) in [6.07, 6.45) is 6.98. The van der Waals surface area contributed by atoms with E-state index >= 15 is 0 Å². The van der Waals surface area contributed by atoms with Crippen molar-refractivity contribution in [3.05, 3.63) is 42.0 Å². The minimum Gasteiger partial charge on any atom is -0.475 e. The van der Waals surface area contributed by atoms with Gasteiger partial charge in [-0.1, -0.05) is 24.3 Å². The molecular formula is C16H18N2O2. The van der Waals surface area contributed by atoms with E-state index in [9.17, 15) is 4.79 Å². The lowest BCUT2D eigenvalue weighted by Crippen LogP contribution is -2.17. The van der Waals surface area contributed by atoms with Gasteiger partial charge in [0.1, 0.15) is 6.61 Å². The second-order valence-electron chi connectivity index (χ2n) is 5.10. The molecule has 1 heterocycles. The number of ether oxygens (including phenoxy) is 1. The van der Waals surface area contributed by atoms with Gasteiger partial charge in [-0.05, 0) is 30.9 Å². The first-order valence-corrected chi connectivity index (χ1v) is 7.06. The SMILES string of the molecule is O=C(CC1C=CCC1)Nc1ccccc1C1=NCCO1. The number of nitrogens with zero attached hydrogens (tertiary/aromatic N) is 1. The molecule has 1 aromatic rings. The van der Waals surface area contributed by atoms with Crippen LogP contribution in [0, 0.1) is 5.92 Å². The lowest BCUT2D eigenvalue weighted by Gasteiger charge is -2.12. The Morgan fingerprint density at radius 1 is 1.40 bits per heavy atom. The normalized spacial score (nSPS) is 20.6. The van der Waals surface area contributed by atoms with E-state index in [4.69, 9.17) is 4.74 Å². The first-order valence-electron chi connectivity index (χ1n) is 7.06. The van der Waals surface area contributed by atoms with Crippen molar-refractivity contribution >= 4 is 17.5 Å². The third-order valence-electron chi connectivity index (χ3n) is 3.58. The number of hydrogen-bond donors (Lipinski definition) is 1. The van der Waals surface area contributed by atoms with E-state index < -0.39 is 0 Å². The minimum absolute atomic E-state index is 0.0487. The van der Waals surface area contributed by atoms with Gasteiger partial charge in [-0.3, -0.25) is 4.79 Å². The standard InChI is InChI=1S/C16H18N2O2/c19-15(11-12-5-1-2-6-12)18-14-8-4-3-7-13(14)16-17-9-10-20-16/h1,3-5,7-8,12H,2,6,9-11H2,(H,18,19). The lowest BCUT2D eigenvalue weighted by molar-refractivity contribution is -0.116. The van der Waals surface area contributed by atoms with E-state index in [0.717, 1.165) is 24.1 Å². The monoisotopic (exact) mass is 270 g/mol. The summed E-state index contributed by atoms with van der Waals surface area (Å²) in [6, 6.07) is 7.65. The number of amides is 1. The molecule has 0 fully saturated rings. The second kappa shape index (κ2) is 5.90. The number of aliphatic imine (C=N–C) groups is 1. The number of carbonyl (C=O) groups excluding carboxylic acids is 1. The van der Waals surface area contributed by atoms with Gasteiger partial charge < -0.3 is 10.1 Å². The van der Waals surface area contributed by atoms with Crippen LogP contribution in [-0.2, 0) is 9.53 Å². The highest BCUT2D eigenvalue weighted by molar-refractivity contribution is 6.04. The molecule has 0 bridgehead atoms. The maximum Gasteiger partial charge on any atom is 0.224 e. The summed E-state index contributed by atoms with van der Waals surface area (Å²) in [7, 11) is 0. The summed E-state index contributed by atoms with van der Waals surface area (Å²) < 4.78 is 5.48. The van der Waals surface area contributed by atoms with E-state index in [1.165, 1.54) is 0 Å². The Labute approximate surface area is 118 Å². The first-order chi connectivity index (χ1) is 9.83. The molecule has 1 unspecified atom stereocenters. The Hall–Kier alpha value is -2.10. The Bertz CT molecular complexity index is 563. The van der Waals surface area contributed by atoms with Gasteiger partial charge in [-0.15, -0.1) is 0 Å². The van der Waals surface area contributed by atoms with E-state index in [0.29, 0.717) is 31.4 Å². The molecule has 1 N–H and O–H groups in total. The highest BCUT2D eigenvalue weighted by atomic mass is 16.5. The summed E-state index contributed by atoms with van der Waals surface area (Å²) >= 11 is 0. The van der Waals surface area contributed by atoms with Crippen LogP contribution in [0.5, 0.6) is 0 Å². The van der Waals surface area contributed by atoms with Crippen LogP contribution in [0.4, 0.5) is 5.69 Å². The van der Waals surface area contributed by atoms with Gasteiger partial charge in [0.25, 0.3) is 0 Å². The highest BCUT2D eigenvalue weighted by Gasteiger charge is 2.18. The van der Waals surface area contributed by atoms with E-state index in [1.54, 1.807) is 0 Å². The van der Waals surface area contributed by atoms with Gasteiger partial charge in [0.2, 0.25) is 11.8 Å². The zero-order valence-corrected chi connectivity index (χ0v) is 11.3. The Morgan fingerprint density at radius 3 is 3.05 bits per heavy atom. The molecule has 20 heavy (non-hydrogen) atoms. The van der Waals surface area contributed by atoms with Gasteiger partial charge in [0.05, 0.1) is 17.8 Å². The fraction of sp³-hybridized carbons (Fsp3) is 0.375. The number of benzene rings is 1. The number of hydrogen-bond acceptors (Lipinski definition) is 3. The molecule has 3 rings (SSSR count). The molecule has 1 amide bonds. The average molecular weight is 270 g/mol. The average Bonchev–Trinajstić information content (AvgIpc) is 3.11. The largest absolute Gasteiger partial charge is 0.475 e. The summed E-state index contributed by atoms with van der Waals surface area (Å²) in [6.45, 7) is 1.30. The van der Waals surface area contributed by atoms with Crippen molar-refractivity contribution in [3.8, 4) is 0 Å². The molecule has 1 aromatic carbocycles. The molecule has 104 valence electrons. The van der Waals surface area contributed by atoms with Crippen LogP contribution in [0.25, 0.3) is 0 Å². The fourth-order valence-electron chi connectivity index (χ4n) is 2.58. The van der Waals surface area contributed by atoms with Crippen molar-refractivity contribution in [3.63, 3.8) is 0 Å². The maximum absolute atomic E-state index is 12.1. The molecule has 1 aliphatic heterocycles. The summed E-state index contributed by atoms with van der Waals surface area (Å²) in [5.41, 5.74) is 1.64. The molecular weight excluding hydrogens is 252 g/mol. The minimum atomic E-state index is 0.0487. The highest BCUT2D eigenvalue weighted by Crippen LogP contribution is 2.23. The van der Waals surface area contributed by atoms with Crippen molar-refractivity contribution in [1.29, 1.82) is 0 Å². The summed E-state index contributed by atoms with van der Waals surface area (Å²) in [5, 5.41) is 2.98. The molecule has 0 saturated carbocycles. The molecule has 1 aliphatic carbocycles. The molecule has 0 spiro atoms. The number of anilines is 1. The van der Waals surface area contributed by atoms with Crippen LogP contribution in [0.2, 0.25) is 0 Å². The van der Waals surface area contributed by atoms with Gasteiger partial charge in [-0.2, -0.15) is 0 Å². The zero-order valence-electron chi connectivity index (χ0n) is 11.3. The van der Waals surface area contributed by atoms with Crippen molar-refractivity contribution < 1.29 is 9.53 Å². The summed E-state index contributed by atoms with van der Waals surface area (Å²) in [5.74, 6) is 1.05. The van der Waals surface area contributed by atoms with Crippen molar-refractivity contribution in [2.45, 2.75) is 19.3 Å². The number of allylic oxidation sites excluding steroid dienone is 2. The quantitative estimate of drug-likeness (QED) is 0.855. The van der Waals surface area contributed by atoms with Crippen LogP contribution < -0.4 is 5.32 Å². The van der Waals surface area contributed by atoms with Gasteiger partial charge in [-0.25, -0.2) is 4.99 Å². The van der Waals surface area contributed by atoms with Crippen molar-refractivity contribution in [2.24, 2.45) is 10.9 Å². The number of nitrogens with one attached hydrogen (secondary N) is 1. The van der Waals surface area contributed by atoms with Crippen molar-refractivity contribution in [2.75, 3.05) is 18.5 Å². The second-order valence-corrected chi connectivity index (χ2v) is 5.10. The molecule has 0 saturated heterocycles. The number of rotatable bonds is 4. The first kappa shape index (κ1) is 12.9. The van der Waals surface area contributed by atoms with Gasteiger partial charge in [0.15, 0.2) is 0 Å². The molecule has 0 aromatic heterocycles. The van der Waals surface area contributed by atoms with E-state index in [-0.39, 0.29) is 5.91 Å². The Morgan fingerprint density at radius 2 is 2.30 bits per heavy atom. The van der Waals surface area contributed by atoms with E-state index in [1.807, 2.05) is 24.3 Å². The van der Waals surface area contributed by atoms with Crippen LogP contribution in [0.3, 0.4) is 0 Å². The molecule has 4 nitrogen and oxygen atoms in total. The third kappa shape index (κ3) is 2.90. The molecule has 4 heteroatoms. The molecule has 1 atom stereocenters. The van der Waals surface area contributed by atoms with Crippen LogP contribution in [-0.4, -0.2) is 25.0 Å². The maximum atomic E-state index is 12.1. The van der Waals surface area contributed by atoms with Crippen molar-refractivity contribution in [1.82, 2.24) is 0 Å². The van der Waals surface area contributed by atoms with E-state index in [2.05, 4.69) is 22.5 Å². The molecule has 0 radical (unpaired) electrons. The Balaban J connectivity index is 1.70. The Kier molecular flexibility index (Phi) is 3.81. The van der Waals surface area contributed by atoms with Crippen LogP contribution in [0.15, 0.2) is 41.4 Å². The predicted molar refractivity (Wildman–Crippen MR) is 78.9 cm³/mol. The smallest absolute Gasteiger partial charge is 0.224 e. The molecule has 2 aliphatic rings. The topological polar surface area (TPSA) is 50.7 Å². The zero-order chi connectivity index (χ0) is 13.8. The predicted octanol–water partition coefficient (Wildman–Crippen LogP) is 2.76. The number of para-hydroxylation sites is 1. The van der Waals surface area contributed by atoms with Gasteiger partial charge >= 0.3 is 0 Å². The third-order valence-corrected chi connectivity index (χ3v) is 3.58. The lowest BCUT2D eigenvalue weighted by atomic mass is 10.0. The summed E-state index contributed by atoms with van der Waals surface area (Å²) in [4.78, 5) is 16.4.